The molecule has 0 unspecified atom stereocenters. The Morgan fingerprint density at radius 3 is 2.33 bits per heavy atom. The van der Waals surface area contributed by atoms with Crippen molar-refractivity contribution >= 4 is 5.97 Å². The Kier molecular flexibility index (Phi) is 6.85. The normalized spacial score (nSPS) is 23.8. The predicted octanol–water partition coefficient (Wildman–Crippen LogP) is 5.02. The number of ether oxygens (including phenoxy) is 1. The number of esters is 1. The maximum absolute atomic E-state index is 12.7. The highest BCUT2D eigenvalue weighted by Crippen LogP contribution is 2.27. The molecule has 1 aliphatic carbocycles. The molecular weight excluding hydrogens is 298 g/mol. The van der Waals surface area contributed by atoms with Crippen molar-refractivity contribution in [3.63, 3.8) is 0 Å². The highest BCUT2D eigenvalue weighted by molar-refractivity contribution is 5.73. The lowest BCUT2D eigenvalue weighted by molar-refractivity contribution is -0.161. The van der Waals surface area contributed by atoms with E-state index in [1.165, 1.54) is 24.8 Å². The number of hydrogen-bond donors (Lipinski definition) is 1. The zero-order chi connectivity index (χ0) is 17.6. The van der Waals surface area contributed by atoms with E-state index in [4.69, 9.17) is 4.74 Å². The highest BCUT2D eigenvalue weighted by Gasteiger charge is 2.33. The van der Waals surface area contributed by atoms with E-state index in [0.29, 0.717) is 0 Å². The van der Waals surface area contributed by atoms with Crippen molar-refractivity contribution in [3.8, 4) is 0 Å². The molecule has 1 aromatic rings. The molecule has 0 amide bonds. The number of carbonyl (C=O) groups is 1. The van der Waals surface area contributed by atoms with Crippen molar-refractivity contribution in [1.82, 2.24) is 5.32 Å². The van der Waals surface area contributed by atoms with Crippen LogP contribution in [0.25, 0.3) is 0 Å². The van der Waals surface area contributed by atoms with E-state index >= 15 is 0 Å². The lowest BCUT2D eigenvalue weighted by Crippen LogP contribution is -2.44. The van der Waals surface area contributed by atoms with Crippen molar-refractivity contribution in [2.24, 2.45) is 5.92 Å². The molecule has 3 atom stereocenters. The van der Waals surface area contributed by atoms with Crippen molar-refractivity contribution in [3.05, 3.63) is 35.9 Å². The average molecular weight is 332 g/mol. The van der Waals surface area contributed by atoms with Gasteiger partial charge in [0.05, 0.1) is 5.92 Å². The van der Waals surface area contributed by atoms with Gasteiger partial charge in [0.1, 0.15) is 5.60 Å². The van der Waals surface area contributed by atoms with Gasteiger partial charge in [-0.25, -0.2) is 0 Å². The van der Waals surface area contributed by atoms with Crippen molar-refractivity contribution in [1.29, 1.82) is 0 Å². The minimum atomic E-state index is -0.422. The molecule has 0 saturated heterocycles. The number of nitrogens with one attached hydrogen (secondary N) is 1. The van der Waals surface area contributed by atoms with Crippen LogP contribution in [0.1, 0.15) is 77.8 Å². The fraction of sp³-hybridized carbons (Fsp3) is 0.667. The fourth-order valence-corrected chi connectivity index (χ4v) is 3.50. The average Bonchev–Trinajstić information content (AvgIpc) is 2.49. The molecule has 0 spiro atoms. The van der Waals surface area contributed by atoms with E-state index in [-0.39, 0.29) is 24.0 Å². The van der Waals surface area contributed by atoms with Gasteiger partial charge in [-0.2, -0.15) is 0 Å². The van der Waals surface area contributed by atoms with E-state index in [1.807, 2.05) is 26.8 Å². The first-order valence-corrected chi connectivity index (χ1v) is 9.40. The van der Waals surface area contributed by atoms with Crippen molar-refractivity contribution in [2.45, 2.75) is 83.9 Å². The lowest BCUT2D eigenvalue weighted by Gasteiger charge is -2.33. The molecule has 0 aliphatic heterocycles. The second-order valence-electron chi connectivity index (χ2n) is 8.04. The van der Waals surface area contributed by atoms with Gasteiger partial charge in [0.2, 0.25) is 0 Å². The molecule has 0 bridgehead atoms. The van der Waals surface area contributed by atoms with Crippen LogP contribution in [0, 0.1) is 5.92 Å². The summed E-state index contributed by atoms with van der Waals surface area (Å²) < 4.78 is 5.71. The van der Waals surface area contributed by atoms with Crippen LogP contribution in [0.2, 0.25) is 0 Å². The molecule has 0 aromatic heterocycles. The maximum Gasteiger partial charge on any atom is 0.311 e. The third-order valence-corrected chi connectivity index (χ3v) is 4.74. The Labute approximate surface area is 147 Å². The van der Waals surface area contributed by atoms with E-state index in [2.05, 4.69) is 36.5 Å². The first-order valence-electron chi connectivity index (χ1n) is 9.40. The van der Waals surface area contributed by atoms with Gasteiger partial charge in [-0.05, 0) is 46.1 Å². The highest BCUT2D eigenvalue weighted by atomic mass is 16.6. The molecule has 1 fully saturated rings. The summed E-state index contributed by atoms with van der Waals surface area (Å²) in [6, 6.07) is 10.9. The summed E-state index contributed by atoms with van der Waals surface area (Å²) in [6.07, 6.45) is 6.74. The van der Waals surface area contributed by atoms with Gasteiger partial charge >= 0.3 is 5.97 Å². The van der Waals surface area contributed by atoms with Crippen molar-refractivity contribution in [2.75, 3.05) is 0 Å². The predicted molar refractivity (Wildman–Crippen MR) is 98.8 cm³/mol. The van der Waals surface area contributed by atoms with Gasteiger partial charge < -0.3 is 10.1 Å². The fourth-order valence-electron chi connectivity index (χ4n) is 3.50. The second-order valence-corrected chi connectivity index (χ2v) is 8.04. The molecule has 3 heteroatoms. The smallest absolute Gasteiger partial charge is 0.311 e. The van der Waals surface area contributed by atoms with Crippen LogP contribution in [0.4, 0.5) is 0 Å². The van der Waals surface area contributed by atoms with Gasteiger partial charge in [-0.1, -0.05) is 56.0 Å². The molecule has 1 N–H and O–H groups in total. The zero-order valence-electron chi connectivity index (χ0n) is 15.7. The van der Waals surface area contributed by atoms with Gasteiger partial charge in [-0.15, -0.1) is 0 Å². The van der Waals surface area contributed by atoms with E-state index in [9.17, 15) is 4.79 Å². The summed E-state index contributed by atoms with van der Waals surface area (Å²) in [6.45, 7) is 8.02. The van der Waals surface area contributed by atoms with E-state index in [1.54, 1.807) is 0 Å². The topological polar surface area (TPSA) is 38.3 Å². The monoisotopic (exact) mass is 331 g/mol. The molecule has 0 heterocycles. The van der Waals surface area contributed by atoms with Gasteiger partial charge in [0, 0.05) is 12.1 Å². The number of hydrogen-bond acceptors (Lipinski definition) is 3. The number of benzene rings is 1. The number of rotatable bonds is 4. The summed E-state index contributed by atoms with van der Waals surface area (Å²) in [5.74, 6) is -0.0853. The van der Waals surface area contributed by atoms with Crippen LogP contribution in [-0.4, -0.2) is 17.6 Å². The Hall–Kier alpha value is -1.35. The quantitative estimate of drug-likeness (QED) is 0.787. The Morgan fingerprint density at radius 1 is 1.08 bits per heavy atom. The minimum Gasteiger partial charge on any atom is -0.460 e. The molecular formula is C21H33NO2. The molecule has 24 heavy (non-hydrogen) atoms. The van der Waals surface area contributed by atoms with Gasteiger partial charge in [0.25, 0.3) is 0 Å². The largest absolute Gasteiger partial charge is 0.460 e. The van der Waals surface area contributed by atoms with Crippen LogP contribution in [0.3, 0.4) is 0 Å². The zero-order valence-corrected chi connectivity index (χ0v) is 15.7. The summed E-state index contributed by atoms with van der Waals surface area (Å²) in [5.41, 5.74) is 0.845. The Balaban J connectivity index is 2.09. The standard InChI is InChI=1S/C21H33NO2/c1-16(17-12-8-7-9-13-17)22-19-15-11-6-5-10-14-18(19)20(23)24-21(2,3)4/h7-9,12-13,16,18-19,22H,5-6,10-11,14-15H2,1-4H3/t16-,18+,19-/m1/s1. The summed E-state index contributed by atoms with van der Waals surface area (Å²) >= 11 is 0. The summed E-state index contributed by atoms with van der Waals surface area (Å²) in [4.78, 5) is 12.7. The van der Waals surface area contributed by atoms with Crippen LogP contribution in [0.15, 0.2) is 30.3 Å². The molecule has 1 aromatic carbocycles. The minimum absolute atomic E-state index is 0.0397. The molecule has 3 nitrogen and oxygen atoms in total. The number of carbonyl (C=O) groups excluding carboxylic acids is 1. The molecule has 1 saturated carbocycles. The first kappa shape index (κ1) is 19.0. The first-order chi connectivity index (χ1) is 11.4. The second kappa shape index (κ2) is 8.66. The van der Waals surface area contributed by atoms with Crippen LogP contribution < -0.4 is 5.32 Å². The third-order valence-electron chi connectivity index (χ3n) is 4.74. The summed E-state index contributed by atoms with van der Waals surface area (Å²) in [5, 5.41) is 3.72. The molecule has 1 aliphatic rings. The third kappa shape index (κ3) is 5.94. The SMILES string of the molecule is C[C@@H](N[C@@H]1CCCCCC[C@@H]1C(=O)OC(C)(C)C)c1ccccc1. The van der Waals surface area contributed by atoms with E-state index in [0.717, 1.165) is 19.3 Å². The molecule has 2 rings (SSSR count). The molecule has 0 radical (unpaired) electrons. The van der Waals surface area contributed by atoms with Gasteiger partial charge in [-0.3, -0.25) is 4.79 Å². The van der Waals surface area contributed by atoms with Crippen LogP contribution in [0.5, 0.6) is 0 Å². The molecule has 134 valence electrons. The van der Waals surface area contributed by atoms with Crippen LogP contribution in [-0.2, 0) is 9.53 Å². The van der Waals surface area contributed by atoms with E-state index < -0.39 is 5.60 Å². The van der Waals surface area contributed by atoms with Gasteiger partial charge in [0.15, 0.2) is 0 Å². The summed E-state index contributed by atoms with van der Waals surface area (Å²) in [7, 11) is 0. The Morgan fingerprint density at radius 2 is 1.71 bits per heavy atom. The van der Waals surface area contributed by atoms with Crippen molar-refractivity contribution < 1.29 is 9.53 Å². The lowest BCUT2D eigenvalue weighted by atomic mass is 9.86. The van der Waals surface area contributed by atoms with Crippen LogP contribution >= 0.6 is 0 Å². The Bertz CT molecular complexity index is 506. The maximum atomic E-state index is 12.7.